The summed E-state index contributed by atoms with van der Waals surface area (Å²) in [6, 6.07) is 8.93. The third-order valence-corrected chi connectivity index (χ3v) is 2.70. The molecule has 0 saturated carbocycles. The summed E-state index contributed by atoms with van der Waals surface area (Å²) in [7, 11) is 0. The Morgan fingerprint density at radius 2 is 1.94 bits per heavy atom. The summed E-state index contributed by atoms with van der Waals surface area (Å²) in [4.78, 5) is 0. The van der Waals surface area contributed by atoms with Gasteiger partial charge in [0.2, 0.25) is 0 Å². The molecule has 4 nitrogen and oxygen atoms in total. The van der Waals surface area contributed by atoms with Gasteiger partial charge in [0.1, 0.15) is 25.1 Å². The van der Waals surface area contributed by atoms with E-state index in [-0.39, 0.29) is 0 Å². The van der Waals surface area contributed by atoms with E-state index in [4.69, 9.17) is 13.9 Å². The van der Waals surface area contributed by atoms with Gasteiger partial charge in [-0.25, -0.2) is 0 Å². The monoisotopic (exact) mass is 232 g/mol. The zero-order valence-electron chi connectivity index (χ0n) is 9.13. The molecule has 1 unspecified atom stereocenters. The van der Waals surface area contributed by atoms with E-state index in [0.29, 0.717) is 36.0 Å². The molecule has 0 aliphatic carbocycles. The summed E-state index contributed by atoms with van der Waals surface area (Å²) in [5, 5.41) is 10.2. The minimum Gasteiger partial charge on any atom is -0.486 e. The molecule has 4 heteroatoms. The molecule has 0 amide bonds. The number of fused-ring (bicyclic) bond motifs is 1. The van der Waals surface area contributed by atoms with Crippen LogP contribution in [0.25, 0.3) is 0 Å². The minimum atomic E-state index is -0.832. The summed E-state index contributed by atoms with van der Waals surface area (Å²) in [5.41, 5.74) is 0.664. The molecule has 17 heavy (non-hydrogen) atoms. The SMILES string of the molecule is OC(c1ccco1)c1cccc2c1OCCO2. The zero-order chi connectivity index (χ0) is 11.7. The normalized spacial score (nSPS) is 15.6. The van der Waals surface area contributed by atoms with E-state index in [9.17, 15) is 5.11 Å². The van der Waals surface area contributed by atoms with Gasteiger partial charge in [-0.1, -0.05) is 12.1 Å². The lowest BCUT2D eigenvalue weighted by Crippen LogP contribution is -2.17. The van der Waals surface area contributed by atoms with Crippen molar-refractivity contribution in [1.29, 1.82) is 0 Å². The molecule has 88 valence electrons. The van der Waals surface area contributed by atoms with Crippen LogP contribution in [-0.4, -0.2) is 18.3 Å². The molecule has 1 aromatic carbocycles. The van der Waals surface area contributed by atoms with Crippen molar-refractivity contribution in [3.8, 4) is 11.5 Å². The molecule has 3 rings (SSSR count). The zero-order valence-corrected chi connectivity index (χ0v) is 9.13. The quantitative estimate of drug-likeness (QED) is 0.861. The highest BCUT2D eigenvalue weighted by atomic mass is 16.6. The average molecular weight is 232 g/mol. The number of para-hydroxylation sites is 1. The van der Waals surface area contributed by atoms with Gasteiger partial charge in [-0.3, -0.25) is 0 Å². The second-order valence-corrected chi connectivity index (χ2v) is 3.79. The van der Waals surface area contributed by atoms with Crippen molar-refractivity contribution in [2.75, 3.05) is 13.2 Å². The minimum absolute atomic E-state index is 0.493. The Kier molecular flexibility index (Phi) is 2.49. The predicted octanol–water partition coefficient (Wildman–Crippen LogP) is 2.13. The van der Waals surface area contributed by atoms with E-state index in [0.717, 1.165) is 0 Å². The first-order chi connectivity index (χ1) is 8.36. The highest BCUT2D eigenvalue weighted by Crippen LogP contribution is 2.38. The van der Waals surface area contributed by atoms with Crippen LogP contribution in [0.4, 0.5) is 0 Å². The van der Waals surface area contributed by atoms with Gasteiger partial charge in [0.05, 0.1) is 6.26 Å². The van der Waals surface area contributed by atoms with E-state index < -0.39 is 6.10 Å². The maximum absolute atomic E-state index is 10.2. The predicted molar refractivity (Wildman–Crippen MR) is 60.2 cm³/mol. The van der Waals surface area contributed by atoms with Gasteiger partial charge in [0, 0.05) is 5.56 Å². The van der Waals surface area contributed by atoms with Crippen LogP contribution in [0.3, 0.4) is 0 Å². The van der Waals surface area contributed by atoms with Crippen molar-refractivity contribution in [2.24, 2.45) is 0 Å². The highest BCUT2D eigenvalue weighted by Gasteiger charge is 2.23. The molecule has 1 N–H and O–H groups in total. The van der Waals surface area contributed by atoms with Crippen LogP contribution in [0.5, 0.6) is 11.5 Å². The molecule has 0 saturated heterocycles. The smallest absolute Gasteiger partial charge is 0.167 e. The maximum atomic E-state index is 10.2. The van der Waals surface area contributed by atoms with Crippen LogP contribution in [0.15, 0.2) is 41.0 Å². The number of hydrogen-bond donors (Lipinski definition) is 1. The molecular weight excluding hydrogens is 220 g/mol. The Bertz CT molecular complexity index is 504. The van der Waals surface area contributed by atoms with Gasteiger partial charge in [0.25, 0.3) is 0 Å². The molecule has 1 aliphatic rings. The van der Waals surface area contributed by atoms with Crippen LogP contribution < -0.4 is 9.47 Å². The molecule has 2 heterocycles. The first-order valence-corrected chi connectivity index (χ1v) is 5.46. The number of aliphatic hydroxyl groups is 1. The first-order valence-electron chi connectivity index (χ1n) is 5.46. The maximum Gasteiger partial charge on any atom is 0.167 e. The summed E-state index contributed by atoms with van der Waals surface area (Å²) < 4.78 is 16.2. The van der Waals surface area contributed by atoms with Gasteiger partial charge in [-0.05, 0) is 18.2 Å². The molecule has 0 spiro atoms. The molecule has 2 aromatic rings. The van der Waals surface area contributed by atoms with Gasteiger partial charge < -0.3 is 19.0 Å². The number of benzene rings is 1. The second-order valence-electron chi connectivity index (χ2n) is 3.79. The lowest BCUT2D eigenvalue weighted by molar-refractivity contribution is 0.151. The lowest BCUT2D eigenvalue weighted by atomic mass is 10.1. The van der Waals surface area contributed by atoms with Crippen molar-refractivity contribution >= 4 is 0 Å². The lowest BCUT2D eigenvalue weighted by Gasteiger charge is -2.22. The first kappa shape index (κ1) is 10.2. The largest absolute Gasteiger partial charge is 0.486 e. The van der Waals surface area contributed by atoms with Crippen molar-refractivity contribution in [1.82, 2.24) is 0 Å². The highest BCUT2D eigenvalue weighted by molar-refractivity contribution is 5.49. The van der Waals surface area contributed by atoms with Gasteiger partial charge in [-0.2, -0.15) is 0 Å². The summed E-state index contributed by atoms with van der Waals surface area (Å²) in [6.07, 6.45) is 0.701. The molecule has 0 radical (unpaired) electrons. The number of furan rings is 1. The standard InChI is InChI=1S/C13H12O4/c14-12(10-5-2-6-15-10)9-3-1-4-11-13(9)17-8-7-16-11/h1-6,12,14H,7-8H2. The van der Waals surface area contributed by atoms with Gasteiger partial charge >= 0.3 is 0 Å². The third kappa shape index (κ3) is 1.76. The van der Waals surface area contributed by atoms with Crippen molar-refractivity contribution in [2.45, 2.75) is 6.10 Å². The Morgan fingerprint density at radius 1 is 1.06 bits per heavy atom. The topological polar surface area (TPSA) is 51.8 Å². The molecule has 1 aliphatic heterocycles. The fourth-order valence-corrected chi connectivity index (χ4v) is 1.91. The van der Waals surface area contributed by atoms with Crippen molar-refractivity contribution in [3.63, 3.8) is 0 Å². The second kappa shape index (κ2) is 4.14. The number of rotatable bonds is 2. The van der Waals surface area contributed by atoms with Crippen LogP contribution >= 0.6 is 0 Å². The van der Waals surface area contributed by atoms with Gasteiger partial charge in [-0.15, -0.1) is 0 Å². The third-order valence-electron chi connectivity index (χ3n) is 2.70. The van der Waals surface area contributed by atoms with Crippen LogP contribution in [0.1, 0.15) is 17.4 Å². The Labute approximate surface area is 98.4 Å². The van der Waals surface area contributed by atoms with E-state index in [2.05, 4.69) is 0 Å². The molecular formula is C13H12O4. The molecule has 0 fully saturated rings. The number of ether oxygens (including phenoxy) is 2. The number of hydrogen-bond acceptors (Lipinski definition) is 4. The van der Waals surface area contributed by atoms with E-state index in [1.165, 1.54) is 6.26 Å². The van der Waals surface area contributed by atoms with Crippen molar-refractivity contribution < 1.29 is 19.0 Å². The molecule has 0 bridgehead atoms. The summed E-state index contributed by atoms with van der Waals surface area (Å²) >= 11 is 0. The van der Waals surface area contributed by atoms with E-state index in [1.807, 2.05) is 12.1 Å². The Hall–Kier alpha value is -1.94. The van der Waals surface area contributed by atoms with Crippen LogP contribution in [-0.2, 0) is 0 Å². The van der Waals surface area contributed by atoms with Gasteiger partial charge in [0.15, 0.2) is 11.5 Å². The van der Waals surface area contributed by atoms with Crippen LogP contribution in [0, 0.1) is 0 Å². The Balaban J connectivity index is 2.03. The Morgan fingerprint density at radius 3 is 2.76 bits per heavy atom. The van der Waals surface area contributed by atoms with E-state index in [1.54, 1.807) is 18.2 Å². The fourth-order valence-electron chi connectivity index (χ4n) is 1.91. The summed E-state index contributed by atoms with van der Waals surface area (Å²) in [6.45, 7) is 1.03. The van der Waals surface area contributed by atoms with Crippen LogP contribution in [0.2, 0.25) is 0 Å². The number of aliphatic hydroxyl groups excluding tert-OH is 1. The fraction of sp³-hybridized carbons (Fsp3) is 0.231. The van der Waals surface area contributed by atoms with Crippen molar-refractivity contribution in [3.05, 3.63) is 47.9 Å². The summed E-state index contributed by atoms with van der Waals surface area (Å²) in [5.74, 6) is 1.76. The average Bonchev–Trinajstić information content (AvgIpc) is 2.91. The molecule has 1 atom stereocenters. The molecule has 1 aromatic heterocycles. The van der Waals surface area contributed by atoms with E-state index >= 15 is 0 Å².